The topological polar surface area (TPSA) is 175 Å². The summed E-state index contributed by atoms with van der Waals surface area (Å²) in [6.07, 6.45) is 7.15. The van der Waals surface area contributed by atoms with E-state index in [0.29, 0.717) is 45.3 Å². The van der Waals surface area contributed by atoms with Crippen LogP contribution in [0.3, 0.4) is 0 Å². The van der Waals surface area contributed by atoms with Crippen LogP contribution >= 0.6 is 0 Å². The lowest BCUT2D eigenvalue weighted by atomic mass is 9.81. The zero-order valence-electron chi connectivity index (χ0n) is 20.8. The summed E-state index contributed by atoms with van der Waals surface area (Å²) in [5.41, 5.74) is 6.29. The van der Waals surface area contributed by atoms with Crippen molar-refractivity contribution in [3.8, 4) is 33.4 Å². The normalized spacial score (nSPS) is 12.5. The molecule has 0 aliphatic heterocycles. The number of pyridine rings is 3. The van der Waals surface area contributed by atoms with Gasteiger partial charge in [0, 0.05) is 36.4 Å². The number of aromatic nitrogens is 3. The Morgan fingerprint density at radius 3 is 0.769 bits per heavy atom. The molecule has 0 fully saturated rings. The molecule has 39 heavy (non-hydrogen) atoms. The fraction of sp³-hybridized carbons (Fsp3) is 0.125. The average Bonchev–Trinajstić information content (AvgIpc) is 2.83. The van der Waals surface area contributed by atoms with E-state index < -0.39 is 30.9 Å². The van der Waals surface area contributed by atoms with E-state index in [9.17, 15) is 38.9 Å². The minimum absolute atomic E-state index is 0.611. The van der Waals surface area contributed by atoms with Crippen LogP contribution in [-0.2, 0) is 30.9 Å². The average molecular weight is 595 g/mol. The van der Waals surface area contributed by atoms with Crippen molar-refractivity contribution in [1.82, 2.24) is 0 Å². The molecule has 3 N–H and O–H groups in total. The second kappa shape index (κ2) is 9.86. The van der Waals surface area contributed by atoms with E-state index in [1.807, 2.05) is 20.8 Å². The third kappa shape index (κ3) is 5.59. The van der Waals surface area contributed by atoms with Gasteiger partial charge in [-0.1, -0.05) is 11.9 Å². The Kier molecular flexibility index (Phi) is 7.18. The maximum absolute atomic E-state index is 11.5. The van der Waals surface area contributed by atoms with E-state index >= 15 is 0 Å². The minimum Gasteiger partial charge on any atom is -0.233 e. The summed E-state index contributed by atoms with van der Waals surface area (Å²) in [6.45, 7) is 5.54. The van der Waals surface area contributed by atoms with Gasteiger partial charge in [-0.25, -0.2) is 13.7 Å². The summed E-state index contributed by atoms with van der Waals surface area (Å²) < 4.78 is 99.2. The first-order chi connectivity index (χ1) is 18.0. The summed E-state index contributed by atoms with van der Waals surface area (Å²) in [7, 11) is -13.5. The molecule has 0 radical (unpaired) electrons. The highest BCUT2D eigenvalue weighted by molar-refractivity contribution is 7.79. The van der Waals surface area contributed by atoms with Gasteiger partial charge in [0.05, 0.1) is 0 Å². The van der Waals surface area contributed by atoms with Crippen LogP contribution in [-0.4, -0.2) is 38.9 Å². The molecule has 1 aromatic carbocycles. The van der Waals surface area contributed by atoms with Gasteiger partial charge >= 0.3 is 30.9 Å². The summed E-state index contributed by atoms with van der Waals surface area (Å²) >= 11 is 0. The van der Waals surface area contributed by atoms with Crippen LogP contribution in [0.2, 0.25) is 0 Å². The molecule has 204 valence electrons. The van der Waals surface area contributed by atoms with Gasteiger partial charge in [0.1, 0.15) is 0 Å². The van der Waals surface area contributed by atoms with Crippen molar-refractivity contribution < 1.29 is 50.8 Å². The van der Waals surface area contributed by atoms with Crippen LogP contribution < -0.4 is 11.9 Å². The van der Waals surface area contributed by atoms with Crippen LogP contribution in [0.15, 0.2) is 73.6 Å². The van der Waals surface area contributed by atoms with Gasteiger partial charge in [0.2, 0.25) is 0 Å². The molecule has 4 aromatic rings. The lowest BCUT2D eigenvalue weighted by Gasteiger charge is -2.22. The highest BCUT2D eigenvalue weighted by Gasteiger charge is 2.25. The molecule has 3 aromatic heterocycles. The number of hydrogen-bond donors (Lipinski definition) is 3. The molecular weight excluding hydrogens is 570 g/mol. The largest absolute Gasteiger partial charge is 0.511 e. The summed E-state index contributed by atoms with van der Waals surface area (Å²) in [6, 6.07) is 9.09. The molecule has 0 unspecified atom stereocenters. The molecule has 3 heterocycles. The lowest BCUT2D eigenvalue weighted by molar-refractivity contribution is -0.519. The standard InChI is InChI=1S/C24H21N3O9S3/c1-16-22(19-4-10-25(11-5-19)37(28,29)30)17(2)24(21-8-14-27(15-9-21)39(34,35)36)18(3)23(16)20-6-12-26(13-7-20)38(31,32)33/h4-15H,1-3H3/p+3. The fourth-order valence-corrected chi connectivity index (χ4v) is 6.01. The molecule has 4 rings (SSSR count). The first kappa shape index (κ1) is 28.4. The molecule has 0 saturated heterocycles. The van der Waals surface area contributed by atoms with Gasteiger partial charge in [-0.3, -0.25) is 0 Å². The van der Waals surface area contributed by atoms with Crippen LogP contribution in [0.5, 0.6) is 0 Å². The number of benzene rings is 1. The Bertz CT molecular complexity index is 1670. The number of nitrogens with zero attached hydrogens (tertiary/aromatic N) is 3. The monoisotopic (exact) mass is 594 g/mol. The van der Waals surface area contributed by atoms with Crippen LogP contribution in [0.1, 0.15) is 16.7 Å². The van der Waals surface area contributed by atoms with Gasteiger partial charge in [-0.2, -0.15) is 0 Å². The Hall–Kier alpha value is -3.60. The molecule has 0 amide bonds. The second-order valence-electron chi connectivity index (χ2n) is 8.68. The van der Waals surface area contributed by atoms with Gasteiger partial charge in [0.25, 0.3) is 0 Å². The Morgan fingerprint density at radius 2 is 0.615 bits per heavy atom. The van der Waals surface area contributed by atoms with Crippen molar-refractivity contribution >= 4 is 30.9 Å². The quantitative estimate of drug-likeness (QED) is 0.220. The van der Waals surface area contributed by atoms with E-state index in [-0.39, 0.29) is 0 Å². The zero-order chi connectivity index (χ0) is 28.9. The predicted octanol–water partition coefficient (Wildman–Crippen LogP) is 1.43. The molecule has 0 saturated carbocycles. The smallest absolute Gasteiger partial charge is 0.233 e. The van der Waals surface area contributed by atoms with Gasteiger partial charge in [-0.15, -0.1) is 25.3 Å². The second-order valence-corrected chi connectivity index (χ2v) is 12.6. The molecule has 0 atom stereocenters. The molecule has 0 aliphatic rings. The first-order valence-corrected chi connectivity index (χ1v) is 15.3. The van der Waals surface area contributed by atoms with Gasteiger partial charge < -0.3 is 0 Å². The molecule has 15 heteroatoms. The van der Waals surface area contributed by atoms with E-state index in [4.69, 9.17) is 0 Å². The van der Waals surface area contributed by atoms with Crippen molar-refractivity contribution in [1.29, 1.82) is 0 Å². The predicted molar refractivity (Wildman–Crippen MR) is 138 cm³/mol. The van der Waals surface area contributed by atoms with E-state index in [2.05, 4.69) is 0 Å². The van der Waals surface area contributed by atoms with Gasteiger partial charge in [-0.05, 0) is 70.8 Å². The van der Waals surface area contributed by atoms with E-state index in [1.54, 1.807) is 0 Å². The number of hydrogen-bond acceptors (Lipinski definition) is 6. The van der Waals surface area contributed by atoms with Gasteiger partial charge in [0.15, 0.2) is 37.2 Å². The Morgan fingerprint density at radius 1 is 0.436 bits per heavy atom. The lowest BCUT2D eigenvalue weighted by Crippen LogP contribution is -2.41. The fourth-order valence-electron chi connectivity index (χ4n) is 4.72. The maximum atomic E-state index is 11.5. The zero-order valence-corrected chi connectivity index (χ0v) is 23.2. The SMILES string of the molecule is Cc1c(-c2cc[n+](S(=O)(=O)O)cc2)c(C)c(-c2cc[n+](S(=O)(=O)O)cc2)c(C)c1-c1cc[n+](S(=O)(=O)O)cc1. The molecule has 0 aliphatic carbocycles. The summed E-state index contributed by atoms with van der Waals surface area (Å²) in [4.78, 5) is 0. The van der Waals surface area contributed by atoms with Crippen LogP contribution in [0.25, 0.3) is 33.4 Å². The molecule has 0 spiro atoms. The molecular formula is C24H24N3O9S3+3. The first-order valence-electron chi connectivity index (χ1n) is 11.1. The van der Waals surface area contributed by atoms with Crippen LogP contribution in [0, 0.1) is 20.8 Å². The van der Waals surface area contributed by atoms with Crippen molar-refractivity contribution in [2.24, 2.45) is 0 Å². The van der Waals surface area contributed by atoms with E-state index in [0.717, 1.165) is 16.7 Å². The maximum Gasteiger partial charge on any atom is 0.511 e. The van der Waals surface area contributed by atoms with Crippen molar-refractivity contribution in [2.45, 2.75) is 20.8 Å². The van der Waals surface area contributed by atoms with E-state index in [1.165, 1.54) is 73.6 Å². The Labute approximate surface area is 225 Å². The highest BCUT2D eigenvalue weighted by Crippen LogP contribution is 2.43. The van der Waals surface area contributed by atoms with Crippen molar-refractivity contribution in [3.05, 3.63) is 90.3 Å². The minimum atomic E-state index is -4.49. The van der Waals surface area contributed by atoms with Crippen molar-refractivity contribution in [3.63, 3.8) is 0 Å². The summed E-state index contributed by atoms with van der Waals surface area (Å²) in [5.74, 6) is 0. The Balaban J connectivity index is 2.04. The number of rotatable bonds is 6. The van der Waals surface area contributed by atoms with Crippen molar-refractivity contribution in [2.75, 3.05) is 0 Å². The summed E-state index contributed by atoms with van der Waals surface area (Å²) in [5, 5.41) is 0. The third-order valence-corrected chi connectivity index (χ3v) is 8.65. The highest BCUT2D eigenvalue weighted by atomic mass is 32.2. The third-order valence-electron chi connectivity index (χ3n) is 6.32. The molecule has 0 bridgehead atoms. The molecule has 12 nitrogen and oxygen atoms in total. The van der Waals surface area contributed by atoms with Crippen LogP contribution in [0.4, 0.5) is 0 Å².